The number of nitrogens with two attached hydrogens (primary N) is 2. The number of phenols is 2. The summed E-state index contributed by atoms with van der Waals surface area (Å²) in [5, 5.41) is 22.2. The number of anilines is 2. The fourth-order valence-corrected chi connectivity index (χ4v) is 5.43. The molecule has 4 nitrogen and oxygen atoms in total. The van der Waals surface area contributed by atoms with Crippen LogP contribution in [0.5, 0.6) is 11.5 Å². The van der Waals surface area contributed by atoms with Crippen molar-refractivity contribution in [1.82, 2.24) is 0 Å². The normalized spacial score (nSPS) is 10.9. The third-order valence-electron chi connectivity index (χ3n) is 7.24. The van der Waals surface area contributed by atoms with Crippen LogP contribution in [-0.4, -0.2) is 10.2 Å². The molecule has 6 N–H and O–H groups in total. The molecular formula is C36H28N2O2. The third-order valence-corrected chi connectivity index (χ3v) is 7.24. The Hall–Kier alpha value is -5.48. The van der Waals surface area contributed by atoms with E-state index in [0.29, 0.717) is 11.3 Å². The quantitative estimate of drug-likeness (QED) is 0.135. The molecular weight excluding hydrogens is 492 g/mol. The zero-order valence-corrected chi connectivity index (χ0v) is 21.8. The molecule has 0 saturated carbocycles. The van der Waals surface area contributed by atoms with Crippen molar-refractivity contribution in [2.24, 2.45) is 0 Å². The molecule has 6 aromatic rings. The van der Waals surface area contributed by atoms with Crippen LogP contribution in [-0.2, 0) is 0 Å². The van der Waals surface area contributed by atoms with Gasteiger partial charge in [-0.1, -0.05) is 121 Å². The third kappa shape index (κ3) is 4.22. The van der Waals surface area contributed by atoms with Crippen LogP contribution in [0.3, 0.4) is 0 Å². The zero-order chi connectivity index (χ0) is 27.6. The van der Waals surface area contributed by atoms with E-state index in [4.69, 9.17) is 11.5 Å². The van der Waals surface area contributed by atoms with Crippen LogP contribution in [0.4, 0.5) is 11.4 Å². The summed E-state index contributed by atoms with van der Waals surface area (Å²) in [7, 11) is 0. The Balaban J connectivity index is 1.92. The molecule has 6 rings (SSSR count). The Labute approximate surface area is 233 Å². The van der Waals surface area contributed by atoms with Crippen molar-refractivity contribution in [2.75, 3.05) is 11.5 Å². The molecule has 0 bridgehead atoms. The van der Waals surface area contributed by atoms with Gasteiger partial charge in [-0.05, 0) is 34.4 Å². The van der Waals surface area contributed by atoms with Crippen molar-refractivity contribution >= 4 is 11.4 Å². The number of hydrogen-bond donors (Lipinski definition) is 4. The molecule has 0 atom stereocenters. The molecule has 0 aromatic heterocycles. The predicted octanol–water partition coefficient (Wildman–Crippen LogP) is 8.60. The van der Waals surface area contributed by atoms with Gasteiger partial charge in [0.25, 0.3) is 0 Å². The van der Waals surface area contributed by atoms with Crippen LogP contribution >= 0.6 is 0 Å². The largest absolute Gasteiger partial charge is 0.504 e. The smallest absolute Gasteiger partial charge is 0.181 e. The maximum atomic E-state index is 11.4. The van der Waals surface area contributed by atoms with Crippen LogP contribution in [0.2, 0.25) is 0 Å². The fraction of sp³-hybridized carbons (Fsp3) is 0. The first-order valence-electron chi connectivity index (χ1n) is 13.1. The van der Waals surface area contributed by atoms with E-state index >= 15 is 0 Å². The highest BCUT2D eigenvalue weighted by atomic mass is 16.3. The SMILES string of the molecule is Nc1ccc(-c2c(-c3ccccc3)c(-c3ccccc3)c(N)c(-c3ccccc3)c2-c2ccccc2)c(O)c1O. The molecule has 0 amide bonds. The monoisotopic (exact) mass is 520 g/mol. The maximum absolute atomic E-state index is 11.4. The standard InChI is InChI=1S/C36H28N2O2/c37-28-22-21-27(35(39)36(28)40)33-29(23-13-5-1-6-14-23)31(25-17-9-3-10-18-25)34(38)32(26-19-11-4-12-20-26)30(33)24-15-7-2-8-16-24/h1-22,39-40H,37-38H2. The second-order valence-corrected chi connectivity index (χ2v) is 9.65. The Morgan fingerprint density at radius 1 is 0.350 bits per heavy atom. The van der Waals surface area contributed by atoms with Crippen LogP contribution < -0.4 is 11.5 Å². The van der Waals surface area contributed by atoms with Gasteiger partial charge < -0.3 is 21.7 Å². The molecule has 6 aromatic carbocycles. The molecule has 0 heterocycles. The van der Waals surface area contributed by atoms with E-state index in [-0.39, 0.29) is 17.2 Å². The number of aromatic hydroxyl groups is 2. The topological polar surface area (TPSA) is 92.5 Å². The molecule has 0 unspecified atom stereocenters. The van der Waals surface area contributed by atoms with Gasteiger partial charge >= 0.3 is 0 Å². The van der Waals surface area contributed by atoms with Gasteiger partial charge in [-0.2, -0.15) is 0 Å². The number of nitrogen functional groups attached to an aromatic ring is 2. The van der Waals surface area contributed by atoms with E-state index in [2.05, 4.69) is 0 Å². The van der Waals surface area contributed by atoms with Gasteiger partial charge in [0.05, 0.1) is 5.69 Å². The lowest BCUT2D eigenvalue weighted by molar-refractivity contribution is 0.407. The van der Waals surface area contributed by atoms with Crippen molar-refractivity contribution < 1.29 is 10.2 Å². The van der Waals surface area contributed by atoms with Crippen molar-refractivity contribution in [3.8, 4) is 67.1 Å². The molecule has 40 heavy (non-hydrogen) atoms. The summed E-state index contributed by atoms with van der Waals surface area (Å²) in [4.78, 5) is 0. The van der Waals surface area contributed by atoms with Crippen LogP contribution in [0, 0.1) is 0 Å². The van der Waals surface area contributed by atoms with Crippen LogP contribution in [0.15, 0.2) is 133 Å². The van der Waals surface area contributed by atoms with Gasteiger partial charge in [0.2, 0.25) is 0 Å². The summed E-state index contributed by atoms with van der Waals surface area (Å²) in [6.07, 6.45) is 0. The summed E-state index contributed by atoms with van der Waals surface area (Å²) < 4.78 is 0. The second-order valence-electron chi connectivity index (χ2n) is 9.65. The second kappa shape index (κ2) is 10.4. The molecule has 0 spiro atoms. The Bertz CT molecular complexity index is 1700. The van der Waals surface area contributed by atoms with Crippen molar-refractivity contribution in [3.63, 3.8) is 0 Å². The van der Waals surface area contributed by atoms with E-state index in [9.17, 15) is 10.2 Å². The summed E-state index contributed by atoms with van der Waals surface area (Å²) in [6.45, 7) is 0. The van der Waals surface area contributed by atoms with Gasteiger partial charge in [0.15, 0.2) is 11.5 Å². The van der Waals surface area contributed by atoms with Crippen LogP contribution in [0.25, 0.3) is 55.6 Å². The molecule has 0 radical (unpaired) electrons. The van der Waals surface area contributed by atoms with E-state index in [1.807, 2.05) is 121 Å². The van der Waals surface area contributed by atoms with Crippen molar-refractivity contribution in [1.29, 1.82) is 0 Å². The minimum absolute atomic E-state index is 0.103. The number of hydrogen-bond acceptors (Lipinski definition) is 4. The van der Waals surface area contributed by atoms with Crippen molar-refractivity contribution in [3.05, 3.63) is 133 Å². The minimum Gasteiger partial charge on any atom is -0.504 e. The Kier molecular flexibility index (Phi) is 6.43. The van der Waals surface area contributed by atoms with Gasteiger partial charge in [0, 0.05) is 39.1 Å². The first-order chi connectivity index (χ1) is 19.6. The van der Waals surface area contributed by atoms with E-state index < -0.39 is 0 Å². The number of benzene rings is 6. The minimum atomic E-state index is -0.352. The molecule has 0 saturated heterocycles. The summed E-state index contributed by atoms with van der Waals surface area (Å²) in [5.41, 5.74) is 22.3. The summed E-state index contributed by atoms with van der Waals surface area (Å²) in [5.74, 6) is -0.632. The highest BCUT2D eigenvalue weighted by molar-refractivity contribution is 6.14. The molecule has 0 aliphatic heterocycles. The summed E-state index contributed by atoms with van der Waals surface area (Å²) >= 11 is 0. The first-order valence-corrected chi connectivity index (χ1v) is 13.1. The lowest BCUT2D eigenvalue weighted by Gasteiger charge is -2.27. The maximum Gasteiger partial charge on any atom is 0.181 e. The highest BCUT2D eigenvalue weighted by Gasteiger charge is 2.29. The van der Waals surface area contributed by atoms with Crippen molar-refractivity contribution in [2.45, 2.75) is 0 Å². The van der Waals surface area contributed by atoms with E-state index in [1.54, 1.807) is 12.1 Å². The fourth-order valence-electron chi connectivity index (χ4n) is 5.43. The number of phenolic OH excluding ortho intramolecular Hbond substituents is 2. The van der Waals surface area contributed by atoms with Gasteiger partial charge in [-0.3, -0.25) is 0 Å². The van der Waals surface area contributed by atoms with Gasteiger partial charge in [-0.25, -0.2) is 0 Å². The van der Waals surface area contributed by atoms with Gasteiger partial charge in [0.1, 0.15) is 0 Å². The zero-order valence-electron chi connectivity index (χ0n) is 21.8. The molecule has 0 fully saturated rings. The molecule has 0 aliphatic carbocycles. The summed E-state index contributed by atoms with van der Waals surface area (Å²) in [6, 6.07) is 43.5. The molecule has 0 aliphatic rings. The predicted molar refractivity (Wildman–Crippen MR) is 166 cm³/mol. The number of rotatable bonds is 5. The average Bonchev–Trinajstić information content (AvgIpc) is 3.01. The lowest BCUT2D eigenvalue weighted by Crippen LogP contribution is -2.04. The van der Waals surface area contributed by atoms with Gasteiger partial charge in [-0.15, -0.1) is 0 Å². The molecule has 194 valence electrons. The Morgan fingerprint density at radius 2 is 0.700 bits per heavy atom. The Morgan fingerprint density at radius 3 is 1.07 bits per heavy atom. The molecule has 4 heteroatoms. The highest BCUT2D eigenvalue weighted by Crippen LogP contribution is 2.56. The lowest BCUT2D eigenvalue weighted by atomic mass is 9.77. The van der Waals surface area contributed by atoms with E-state index in [1.165, 1.54) is 0 Å². The first kappa shape index (κ1) is 24.8. The van der Waals surface area contributed by atoms with E-state index in [0.717, 1.165) is 50.1 Å². The van der Waals surface area contributed by atoms with Crippen LogP contribution in [0.1, 0.15) is 0 Å². The average molecular weight is 521 g/mol.